The van der Waals surface area contributed by atoms with Crippen molar-refractivity contribution in [1.82, 2.24) is 4.98 Å². The molecule has 0 saturated heterocycles. The van der Waals surface area contributed by atoms with Gasteiger partial charge >= 0.3 is 0 Å². The van der Waals surface area contributed by atoms with Crippen LogP contribution in [-0.4, -0.2) is 27.4 Å². The number of hydrogen-bond acceptors (Lipinski definition) is 5. The van der Waals surface area contributed by atoms with Crippen molar-refractivity contribution in [2.45, 2.75) is 23.8 Å². The molecule has 0 radical (unpaired) electrons. The average Bonchev–Trinajstić information content (AvgIpc) is 2.78. The lowest BCUT2D eigenvalue weighted by atomic mass is 9.79. The average molecular weight is 450 g/mol. The minimum absolute atomic E-state index is 0. The highest BCUT2D eigenvalue weighted by Gasteiger charge is 2.32. The van der Waals surface area contributed by atoms with Crippen LogP contribution in [0.3, 0.4) is 0 Å². The highest BCUT2D eigenvalue weighted by Crippen LogP contribution is 2.34. The fourth-order valence-electron chi connectivity index (χ4n) is 3.52. The second kappa shape index (κ2) is 10.5. The second-order valence-electron chi connectivity index (χ2n) is 7.05. The molecule has 1 atom stereocenters. The molecular formula is C25H23NO3S2. The van der Waals surface area contributed by atoms with Gasteiger partial charge in [-0.15, -0.1) is 11.8 Å². The van der Waals surface area contributed by atoms with E-state index in [-0.39, 0.29) is 17.2 Å². The minimum Gasteiger partial charge on any atom is -0.457 e. The number of carbonyl (C=O) groups excluding carboxylic acids is 1. The summed E-state index contributed by atoms with van der Waals surface area (Å²) in [6, 6.07) is 21.2. The van der Waals surface area contributed by atoms with Crippen LogP contribution in [0, 0.1) is 0 Å². The van der Waals surface area contributed by atoms with Crippen LogP contribution < -0.4 is 4.74 Å². The van der Waals surface area contributed by atoms with Gasteiger partial charge in [-0.2, -0.15) is 0 Å². The first kappa shape index (κ1) is 22.9. The predicted octanol–water partition coefficient (Wildman–Crippen LogP) is 5.67. The Morgan fingerprint density at radius 3 is 2.45 bits per heavy atom. The summed E-state index contributed by atoms with van der Waals surface area (Å²) in [5.41, 5.74) is 2.72. The SMILES string of the molecule is CSc1cc(/C=C2\CCC(=S)C(c3ccc(Oc4ccccc4)cc3)C2=O)ccn1.O. The van der Waals surface area contributed by atoms with Crippen LogP contribution in [0.15, 0.2) is 83.5 Å². The number of nitrogens with zero attached hydrogens (tertiary/aromatic N) is 1. The van der Waals surface area contributed by atoms with Gasteiger partial charge in [0.15, 0.2) is 5.78 Å². The van der Waals surface area contributed by atoms with Crippen LogP contribution in [0.1, 0.15) is 29.9 Å². The summed E-state index contributed by atoms with van der Waals surface area (Å²) in [5, 5.41) is 0.939. The number of para-hydroxylation sites is 1. The Morgan fingerprint density at radius 1 is 1.03 bits per heavy atom. The van der Waals surface area contributed by atoms with E-state index >= 15 is 0 Å². The van der Waals surface area contributed by atoms with Crippen molar-refractivity contribution in [2.75, 3.05) is 6.26 Å². The Hall–Kier alpha value is -2.80. The van der Waals surface area contributed by atoms with Crippen LogP contribution >= 0.6 is 24.0 Å². The minimum atomic E-state index is -0.382. The van der Waals surface area contributed by atoms with Crippen LogP contribution in [0.2, 0.25) is 0 Å². The molecule has 1 fully saturated rings. The van der Waals surface area contributed by atoms with E-state index in [1.807, 2.05) is 79.1 Å². The van der Waals surface area contributed by atoms with Crippen LogP contribution in [0.5, 0.6) is 11.5 Å². The first-order valence-electron chi connectivity index (χ1n) is 9.74. The van der Waals surface area contributed by atoms with Gasteiger partial charge in [-0.3, -0.25) is 4.79 Å². The zero-order valence-electron chi connectivity index (χ0n) is 17.1. The van der Waals surface area contributed by atoms with Crippen molar-refractivity contribution in [3.05, 3.63) is 89.6 Å². The number of ether oxygens (including phenoxy) is 1. The molecule has 0 bridgehead atoms. The molecule has 1 aliphatic rings. The lowest BCUT2D eigenvalue weighted by molar-refractivity contribution is -0.115. The summed E-state index contributed by atoms with van der Waals surface area (Å²) < 4.78 is 5.86. The molecule has 0 aliphatic heterocycles. The van der Waals surface area contributed by atoms with Crippen LogP contribution in [-0.2, 0) is 4.79 Å². The van der Waals surface area contributed by atoms with Crippen molar-refractivity contribution in [1.29, 1.82) is 0 Å². The van der Waals surface area contributed by atoms with Gasteiger partial charge in [0.05, 0.1) is 10.9 Å². The number of benzene rings is 2. The van der Waals surface area contributed by atoms with Crippen molar-refractivity contribution in [2.24, 2.45) is 0 Å². The van der Waals surface area contributed by atoms with Crippen LogP contribution in [0.25, 0.3) is 6.08 Å². The molecule has 4 rings (SSSR count). The fraction of sp³-hybridized carbons (Fsp3) is 0.160. The molecule has 0 amide bonds. The number of hydrogen-bond donors (Lipinski definition) is 0. The van der Waals surface area contributed by atoms with Gasteiger partial charge in [0, 0.05) is 11.1 Å². The number of aromatic nitrogens is 1. The lowest BCUT2D eigenvalue weighted by Gasteiger charge is -2.25. The van der Waals surface area contributed by atoms with Crippen molar-refractivity contribution < 1.29 is 15.0 Å². The van der Waals surface area contributed by atoms with Gasteiger partial charge in [-0.05, 0) is 78.3 Å². The third-order valence-electron chi connectivity index (χ3n) is 5.04. The number of allylic oxidation sites excluding steroid dienone is 1. The summed E-state index contributed by atoms with van der Waals surface area (Å²) in [4.78, 5) is 18.4. The maximum atomic E-state index is 13.3. The number of rotatable bonds is 5. The third kappa shape index (κ3) is 5.47. The Balaban J connectivity index is 0.00000272. The number of pyridine rings is 1. The summed E-state index contributed by atoms with van der Waals surface area (Å²) in [5.74, 6) is 1.22. The molecule has 1 heterocycles. The fourth-order valence-corrected chi connectivity index (χ4v) is 4.28. The monoisotopic (exact) mass is 449 g/mol. The number of Topliss-reactive ketones (excluding diaryl/α,β-unsaturated/α-hetero) is 1. The number of thiocarbonyl (C=S) groups is 1. The third-order valence-corrected chi connectivity index (χ3v) is 6.12. The quantitative estimate of drug-likeness (QED) is 0.285. The summed E-state index contributed by atoms with van der Waals surface area (Å²) >= 11 is 7.18. The normalized spacial score (nSPS) is 17.3. The topological polar surface area (TPSA) is 70.7 Å². The molecular weight excluding hydrogens is 426 g/mol. The van der Waals surface area contributed by atoms with E-state index in [1.165, 1.54) is 0 Å². The molecule has 3 aromatic rings. The molecule has 1 unspecified atom stereocenters. The van der Waals surface area contributed by atoms with Gasteiger partial charge in [-0.1, -0.05) is 42.5 Å². The molecule has 2 aromatic carbocycles. The molecule has 6 heteroatoms. The van der Waals surface area contributed by atoms with Gasteiger partial charge in [0.2, 0.25) is 0 Å². The highest BCUT2D eigenvalue weighted by molar-refractivity contribution is 7.98. The molecule has 2 N–H and O–H groups in total. The highest BCUT2D eigenvalue weighted by atomic mass is 32.2. The van der Waals surface area contributed by atoms with Crippen molar-refractivity contribution in [3.63, 3.8) is 0 Å². The number of ketones is 1. The van der Waals surface area contributed by atoms with Crippen molar-refractivity contribution in [3.8, 4) is 11.5 Å². The molecule has 31 heavy (non-hydrogen) atoms. The number of thioether (sulfide) groups is 1. The predicted molar refractivity (Wildman–Crippen MR) is 130 cm³/mol. The molecule has 1 saturated carbocycles. The Kier molecular flexibility index (Phi) is 7.74. The van der Waals surface area contributed by atoms with Gasteiger partial charge in [0.1, 0.15) is 11.5 Å². The summed E-state index contributed by atoms with van der Waals surface area (Å²) in [7, 11) is 0. The maximum absolute atomic E-state index is 13.3. The largest absolute Gasteiger partial charge is 0.457 e. The summed E-state index contributed by atoms with van der Waals surface area (Å²) in [6.45, 7) is 0. The van der Waals surface area contributed by atoms with Crippen molar-refractivity contribution >= 4 is 40.7 Å². The van der Waals surface area contributed by atoms with E-state index in [2.05, 4.69) is 4.98 Å². The Labute approximate surface area is 191 Å². The van der Waals surface area contributed by atoms with Gasteiger partial charge in [0.25, 0.3) is 0 Å². The van der Waals surface area contributed by atoms with E-state index in [0.29, 0.717) is 6.42 Å². The molecule has 158 valence electrons. The van der Waals surface area contributed by atoms with E-state index < -0.39 is 0 Å². The first-order chi connectivity index (χ1) is 14.6. The first-order valence-corrected chi connectivity index (χ1v) is 11.4. The van der Waals surface area contributed by atoms with Gasteiger partial charge < -0.3 is 10.2 Å². The zero-order valence-corrected chi connectivity index (χ0v) is 18.7. The molecule has 4 nitrogen and oxygen atoms in total. The summed E-state index contributed by atoms with van der Waals surface area (Å²) in [6.07, 6.45) is 7.16. The lowest BCUT2D eigenvalue weighted by Crippen LogP contribution is -2.27. The zero-order chi connectivity index (χ0) is 20.9. The standard InChI is InChI=1S/C25H21NO2S2.H2O/c1-30-23-16-17(13-14-26-23)15-19-9-12-22(29)24(25(19)27)18-7-10-21(11-8-18)28-20-5-3-2-4-6-20;/h2-8,10-11,13-16,24H,9,12H2,1H3;1H2/b19-15+;. The molecule has 1 aliphatic carbocycles. The van der Waals surface area contributed by atoms with E-state index in [1.54, 1.807) is 18.0 Å². The smallest absolute Gasteiger partial charge is 0.171 e. The second-order valence-corrected chi connectivity index (χ2v) is 8.40. The van der Waals surface area contributed by atoms with E-state index in [9.17, 15) is 4.79 Å². The van der Waals surface area contributed by atoms with Crippen LogP contribution in [0.4, 0.5) is 0 Å². The Morgan fingerprint density at radius 2 is 1.74 bits per heavy atom. The number of carbonyl (C=O) groups is 1. The van der Waals surface area contributed by atoms with Gasteiger partial charge in [-0.25, -0.2) is 4.98 Å². The Bertz CT molecular complexity index is 1100. The van der Waals surface area contributed by atoms with E-state index in [4.69, 9.17) is 17.0 Å². The molecule has 0 spiro atoms. The maximum Gasteiger partial charge on any atom is 0.171 e. The molecule has 1 aromatic heterocycles. The van der Waals surface area contributed by atoms with E-state index in [0.717, 1.165) is 44.5 Å².